The molecule has 1 atom stereocenters. The Kier molecular flexibility index (Phi) is 4.06. The highest BCUT2D eigenvalue weighted by molar-refractivity contribution is 7.89. The summed E-state index contributed by atoms with van der Waals surface area (Å²) in [6.45, 7) is 5.72. The molecule has 1 amide bonds. The van der Waals surface area contributed by atoms with Crippen molar-refractivity contribution in [1.82, 2.24) is 4.72 Å². The summed E-state index contributed by atoms with van der Waals surface area (Å²) in [6, 6.07) is 10.5. The van der Waals surface area contributed by atoms with Gasteiger partial charge in [-0.3, -0.25) is 4.79 Å². The Labute approximate surface area is 141 Å². The lowest BCUT2D eigenvalue weighted by Crippen LogP contribution is -2.51. The van der Waals surface area contributed by atoms with Gasteiger partial charge in [-0.2, -0.15) is 4.72 Å². The number of hydrogen-bond donors (Lipinski definition) is 3. The zero-order chi connectivity index (χ0) is 17.5. The van der Waals surface area contributed by atoms with Crippen LogP contribution in [0.3, 0.4) is 0 Å². The van der Waals surface area contributed by atoms with Crippen molar-refractivity contribution in [2.45, 2.75) is 31.8 Å². The van der Waals surface area contributed by atoms with Crippen molar-refractivity contribution >= 4 is 27.3 Å². The van der Waals surface area contributed by atoms with Gasteiger partial charge in [0.2, 0.25) is 10.0 Å². The smallest absolute Gasteiger partial charge is 0.262 e. The van der Waals surface area contributed by atoms with Gasteiger partial charge < -0.3 is 10.6 Å². The summed E-state index contributed by atoms with van der Waals surface area (Å²) in [4.78, 5) is 12.7. The zero-order valence-corrected chi connectivity index (χ0v) is 14.5. The first-order valence-corrected chi connectivity index (χ1v) is 9.03. The molecule has 0 aliphatic carbocycles. The molecule has 0 unspecified atom stereocenters. The molecule has 6 nitrogen and oxygen atoms in total. The molecule has 2 aromatic carbocycles. The van der Waals surface area contributed by atoms with Crippen LogP contribution in [0.2, 0.25) is 0 Å². The zero-order valence-electron chi connectivity index (χ0n) is 13.7. The van der Waals surface area contributed by atoms with Crippen LogP contribution in [0.4, 0.5) is 11.4 Å². The molecule has 0 fully saturated rings. The van der Waals surface area contributed by atoms with Gasteiger partial charge in [-0.05, 0) is 55.7 Å². The van der Waals surface area contributed by atoms with Gasteiger partial charge in [-0.1, -0.05) is 18.2 Å². The van der Waals surface area contributed by atoms with Gasteiger partial charge in [0.25, 0.3) is 5.91 Å². The fraction of sp³-hybridized carbons (Fsp3) is 0.235. The Morgan fingerprint density at radius 1 is 1.12 bits per heavy atom. The number of amides is 1. The molecule has 1 heterocycles. The van der Waals surface area contributed by atoms with Gasteiger partial charge in [0.05, 0.1) is 5.69 Å². The van der Waals surface area contributed by atoms with Crippen LogP contribution in [-0.4, -0.2) is 20.5 Å². The van der Waals surface area contributed by atoms with Crippen LogP contribution in [0.15, 0.2) is 41.3 Å². The highest BCUT2D eigenvalue weighted by Crippen LogP contribution is 2.27. The van der Waals surface area contributed by atoms with Gasteiger partial charge in [0.1, 0.15) is 4.90 Å². The first-order valence-electron chi connectivity index (χ1n) is 7.54. The van der Waals surface area contributed by atoms with Crippen LogP contribution < -0.4 is 15.4 Å². The maximum atomic E-state index is 12.5. The molecule has 24 heavy (non-hydrogen) atoms. The Morgan fingerprint density at radius 2 is 1.88 bits per heavy atom. The number of rotatable bonds is 2. The van der Waals surface area contributed by atoms with E-state index in [0.717, 1.165) is 16.7 Å². The first kappa shape index (κ1) is 16.5. The van der Waals surface area contributed by atoms with Crippen molar-refractivity contribution in [1.29, 1.82) is 0 Å². The molecule has 1 aliphatic heterocycles. The van der Waals surface area contributed by atoms with Gasteiger partial charge in [-0.25, -0.2) is 8.42 Å². The lowest BCUT2D eigenvalue weighted by atomic mass is 10.1. The predicted octanol–water partition coefficient (Wildman–Crippen LogP) is 2.28. The molecule has 126 valence electrons. The number of hydrogen-bond acceptors (Lipinski definition) is 4. The van der Waals surface area contributed by atoms with Crippen molar-refractivity contribution < 1.29 is 13.2 Å². The topological polar surface area (TPSA) is 87.3 Å². The molecular formula is C17H19N3O3S. The van der Waals surface area contributed by atoms with E-state index in [1.54, 1.807) is 18.2 Å². The molecule has 0 spiro atoms. The molecular weight excluding hydrogens is 326 g/mol. The lowest BCUT2D eigenvalue weighted by Gasteiger charge is -2.27. The molecule has 3 N–H and O–H groups in total. The standard InChI is InChI=1S/C17H19N3O3S/c1-10-7-8-15-14(9-10)18-16(20-24(15,22)23)17(21)19-13-6-4-5-11(2)12(13)3/h4-9,16,18,20H,1-3H3,(H,19,21)/t16-/m1/s1. The molecule has 3 rings (SSSR count). The lowest BCUT2D eigenvalue weighted by molar-refractivity contribution is -0.117. The summed E-state index contributed by atoms with van der Waals surface area (Å²) in [7, 11) is -3.74. The highest BCUT2D eigenvalue weighted by atomic mass is 32.2. The molecule has 0 saturated carbocycles. The fourth-order valence-corrected chi connectivity index (χ4v) is 3.86. The van der Waals surface area contributed by atoms with E-state index in [9.17, 15) is 13.2 Å². The van der Waals surface area contributed by atoms with Crippen molar-refractivity contribution in [2.75, 3.05) is 10.6 Å². The Bertz CT molecular complexity index is 923. The highest BCUT2D eigenvalue weighted by Gasteiger charge is 2.33. The van der Waals surface area contributed by atoms with E-state index in [1.807, 2.05) is 32.9 Å². The molecule has 0 saturated heterocycles. The minimum Gasteiger partial charge on any atom is -0.360 e. The first-order chi connectivity index (χ1) is 11.3. The third kappa shape index (κ3) is 3.00. The summed E-state index contributed by atoms with van der Waals surface area (Å²) in [5.41, 5.74) is 3.99. The largest absolute Gasteiger partial charge is 0.360 e. The van der Waals surface area contributed by atoms with Crippen LogP contribution in [0.25, 0.3) is 0 Å². The number of benzene rings is 2. The van der Waals surface area contributed by atoms with E-state index in [-0.39, 0.29) is 4.90 Å². The van der Waals surface area contributed by atoms with E-state index in [1.165, 1.54) is 6.07 Å². The number of anilines is 2. The molecule has 0 radical (unpaired) electrons. The number of aryl methyl sites for hydroxylation is 2. The minimum atomic E-state index is -3.74. The van der Waals surface area contributed by atoms with Crippen molar-refractivity contribution in [3.63, 3.8) is 0 Å². The van der Waals surface area contributed by atoms with E-state index >= 15 is 0 Å². The van der Waals surface area contributed by atoms with E-state index in [4.69, 9.17) is 0 Å². The average Bonchev–Trinajstić information content (AvgIpc) is 2.50. The van der Waals surface area contributed by atoms with E-state index in [0.29, 0.717) is 11.4 Å². The normalized spacial score (nSPS) is 18.4. The van der Waals surface area contributed by atoms with Gasteiger partial charge in [0, 0.05) is 5.69 Å². The van der Waals surface area contributed by atoms with Crippen LogP contribution in [0.1, 0.15) is 16.7 Å². The van der Waals surface area contributed by atoms with Crippen LogP contribution >= 0.6 is 0 Å². The Morgan fingerprint density at radius 3 is 2.62 bits per heavy atom. The van der Waals surface area contributed by atoms with Crippen molar-refractivity contribution in [3.8, 4) is 0 Å². The fourth-order valence-electron chi connectivity index (χ4n) is 2.61. The van der Waals surface area contributed by atoms with Crippen LogP contribution in [0.5, 0.6) is 0 Å². The summed E-state index contributed by atoms with van der Waals surface area (Å²) in [5, 5.41) is 5.72. The summed E-state index contributed by atoms with van der Waals surface area (Å²) in [6.07, 6.45) is -1.07. The summed E-state index contributed by atoms with van der Waals surface area (Å²) >= 11 is 0. The Hall–Kier alpha value is -2.38. The minimum absolute atomic E-state index is 0.142. The number of carbonyl (C=O) groups is 1. The number of carbonyl (C=O) groups excluding carboxylic acids is 1. The molecule has 0 bridgehead atoms. The maximum absolute atomic E-state index is 12.5. The second-order valence-electron chi connectivity index (χ2n) is 5.93. The van der Waals surface area contributed by atoms with Gasteiger partial charge in [0.15, 0.2) is 6.17 Å². The van der Waals surface area contributed by atoms with Gasteiger partial charge >= 0.3 is 0 Å². The van der Waals surface area contributed by atoms with Crippen LogP contribution in [-0.2, 0) is 14.8 Å². The van der Waals surface area contributed by atoms with Crippen LogP contribution in [0, 0.1) is 20.8 Å². The van der Waals surface area contributed by atoms with Crippen molar-refractivity contribution in [2.24, 2.45) is 0 Å². The quantitative estimate of drug-likeness (QED) is 0.779. The van der Waals surface area contributed by atoms with E-state index in [2.05, 4.69) is 15.4 Å². The Balaban J connectivity index is 1.88. The number of sulfonamides is 1. The van der Waals surface area contributed by atoms with Crippen molar-refractivity contribution in [3.05, 3.63) is 53.1 Å². The summed E-state index contributed by atoms with van der Waals surface area (Å²) < 4.78 is 27.1. The second-order valence-corrected chi connectivity index (χ2v) is 7.62. The average molecular weight is 345 g/mol. The van der Waals surface area contributed by atoms with E-state index < -0.39 is 22.1 Å². The SMILES string of the molecule is Cc1ccc2c(c1)N[C@@H](C(=O)Nc1cccc(C)c1C)NS2(=O)=O. The second kappa shape index (κ2) is 5.92. The third-order valence-electron chi connectivity index (χ3n) is 4.12. The number of nitrogens with one attached hydrogen (secondary N) is 3. The van der Waals surface area contributed by atoms with Gasteiger partial charge in [-0.15, -0.1) is 0 Å². The molecule has 2 aromatic rings. The molecule has 0 aromatic heterocycles. The monoisotopic (exact) mass is 345 g/mol. The molecule has 7 heteroatoms. The third-order valence-corrected chi connectivity index (χ3v) is 5.60. The number of fused-ring (bicyclic) bond motifs is 1. The maximum Gasteiger partial charge on any atom is 0.262 e. The molecule has 1 aliphatic rings. The predicted molar refractivity (Wildman–Crippen MR) is 93.5 cm³/mol. The summed E-state index contributed by atoms with van der Waals surface area (Å²) in [5.74, 6) is -0.459.